The monoisotopic (exact) mass is 479 g/mol. The zero-order valence-electron chi connectivity index (χ0n) is 19.3. The first kappa shape index (κ1) is 22.5. The lowest BCUT2D eigenvalue weighted by Gasteiger charge is -2.55. The van der Waals surface area contributed by atoms with E-state index in [0.717, 1.165) is 37.4 Å². The third-order valence-electron chi connectivity index (χ3n) is 8.00. The molecule has 6 nitrogen and oxygen atoms in total. The molecular weight excluding hydrogens is 452 g/mol. The highest BCUT2D eigenvalue weighted by Gasteiger charge is 2.54. The van der Waals surface area contributed by atoms with E-state index in [9.17, 15) is 18.7 Å². The maximum absolute atomic E-state index is 14.9. The fourth-order valence-electron chi connectivity index (χ4n) is 6.12. The number of aromatic nitrogens is 2. The fraction of sp³-hybridized carbons (Fsp3) is 0.407. The molecule has 3 aliphatic heterocycles. The van der Waals surface area contributed by atoms with Crippen LogP contribution < -0.4 is 10.9 Å². The van der Waals surface area contributed by atoms with E-state index < -0.39 is 17.0 Å². The van der Waals surface area contributed by atoms with Crippen molar-refractivity contribution < 1.29 is 18.6 Å². The van der Waals surface area contributed by atoms with Crippen molar-refractivity contribution >= 4 is 17.1 Å². The van der Waals surface area contributed by atoms with Crippen LogP contribution in [0.5, 0.6) is 0 Å². The van der Waals surface area contributed by atoms with Crippen LogP contribution in [0.15, 0.2) is 53.5 Å². The van der Waals surface area contributed by atoms with Crippen LogP contribution in [-0.2, 0) is 16.9 Å². The summed E-state index contributed by atoms with van der Waals surface area (Å²) in [7, 11) is 0. The first-order valence-electron chi connectivity index (χ1n) is 12.0. The second kappa shape index (κ2) is 8.05. The molecule has 7 rings (SSSR count). The summed E-state index contributed by atoms with van der Waals surface area (Å²) in [4.78, 5) is 16.6. The third kappa shape index (κ3) is 3.80. The number of nitrogens with one attached hydrogen (secondary N) is 1. The summed E-state index contributed by atoms with van der Waals surface area (Å²) in [6.07, 6.45) is 8.58. The smallest absolute Gasteiger partial charge is 0.251 e. The van der Waals surface area contributed by atoms with Crippen LogP contribution >= 0.6 is 0 Å². The van der Waals surface area contributed by atoms with Gasteiger partial charge in [-0.2, -0.15) is 0 Å². The van der Waals surface area contributed by atoms with Crippen molar-refractivity contribution in [2.24, 2.45) is 0 Å². The van der Waals surface area contributed by atoms with E-state index in [0.29, 0.717) is 24.2 Å². The van der Waals surface area contributed by atoms with Gasteiger partial charge in [0.2, 0.25) is 0 Å². The van der Waals surface area contributed by atoms with E-state index in [1.165, 1.54) is 22.8 Å². The molecule has 3 fully saturated rings. The van der Waals surface area contributed by atoms with Gasteiger partial charge in [0.15, 0.2) is 0 Å². The molecule has 1 aliphatic carbocycles. The third-order valence-corrected chi connectivity index (χ3v) is 8.00. The van der Waals surface area contributed by atoms with E-state index in [1.807, 2.05) is 12.2 Å². The molecule has 8 heteroatoms. The first-order chi connectivity index (χ1) is 16.8. The maximum Gasteiger partial charge on any atom is 0.251 e. The summed E-state index contributed by atoms with van der Waals surface area (Å²) in [5, 5.41) is 15.3. The molecule has 35 heavy (non-hydrogen) atoms. The molecule has 0 radical (unpaired) electrons. The largest absolute Gasteiger partial charge is 0.383 e. The molecule has 2 saturated heterocycles. The molecule has 0 amide bonds. The molecule has 1 atom stereocenters. The zero-order valence-corrected chi connectivity index (χ0v) is 19.3. The van der Waals surface area contributed by atoms with Crippen molar-refractivity contribution in [1.82, 2.24) is 14.9 Å². The predicted molar refractivity (Wildman–Crippen MR) is 128 cm³/mol. The van der Waals surface area contributed by atoms with Gasteiger partial charge in [-0.3, -0.25) is 9.78 Å². The van der Waals surface area contributed by atoms with Gasteiger partial charge in [-0.25, -0.2) is 8.78 Å². The number of nitrogens with zero attached hydrogens (tertiary/aromatic N) is 2. The summed E-state index contributed by atoms with van der Waals surface area (Å²) >= 11 is 0. The van der Waals surface area contributed by atoms with Gasteiger partial charge in [-0.1, -0.05) is 24.3 Å². The normalized spacial score (nSPS) is 29.5. The number of halogens is 2. The Bertz CT molecular complexity index is 1360. The molecule has 0 spiro atoms. The van der Waals surface area contributed by atoms with Crippen molar-refractivity contribution in [3.8, 4) is 0 Å². The topological polar surface area (TPSA) is 76.4 Å². The van der Waals surface area contributed by atoms with E-state index in [-0.39, 0.29) is 35.4 Å². The number of fused-ring (bicyclic) bond motifs is 3. The van der Waals surface area contributed by atoms with Crippen LogP contribution in [0, 0.1) is 11.6 Å². The van der Waals surface area contributed by atoms with Gasteiger partial charge in [0.25, 0.3) is 5.56 Å². The molecule has 2 bridgehead atoms. The average molecular weight is 480 g/mol. The zero-order chi connectivity index (χ0) is 24.3. The Kier molecular flexibility index (Phi) is 5.18. The van der Waals surface area contributed by atoms with Crippen LogP contribution in [0.1, 0.15) is 43.2 Å². The van der Waals surface area contributed by atoms with Gasteiger partial charge in [-0.15, -0.1) is 0 Å². The van der Waals surface area contributed by atoms with Crippen LogP contribution in [0.2, 0.25) is 0 Å². The molecule has 1 saturated carbocycles. The minimum Gasteiger partial charge on any atom is -0.383 e. The SMILES string of the molecule is O=c1ccc2ncc(F)c3c2n1C[C@@]3(O)CC12CCC(NC/C=C/c3ccc(F)cc3)(CC1)CO2. The van der Waals surface area contributed by atoms with Crippen molar-refractivity contribution in [3.63, 3.8) is 0 Å². The van der Waals surface area contributed by atoms with Crippen LogP contribution in [-0.4, -0.2) is 38.9 Å². The number of pyridine rings is 2. The Labute approximate surface area is 201 Å². The van der Waals surface area contributed by atoms with Crippen LogP contribution in [0.3, 0.4) is 0 Å². The van der Waals surface area contributed by atoms with E-state index in [1.54, 1.807) is 18.2 Å². The molecule has 5 heterocycles. The van der Waals surface area contributed by atoms with E-state index >= 15 is 0 Å². The summed E-state index contributed by atoms with van der Waals surface area (Å²) in [6, 6.07) is 9.34. The lowest BCUT2D eigenvalue weighted by Crippen LogP contribution is -2.63. The Balaban J connectivity index is 1.15. The van der Waals surface area contributed by atoms with Crippen molar-refractivity contribution in [1.29, 1.82) is 0 Å². The number of rotatable bonds is 6. The molecule has 0 unspecified atom stereocenters. The highest BCUT2D eigenvalue weighted by atomic mass is 19.1. The van der Waals surface area contributed by atoms with Crippen LogP contribution in [0.4, 0.5) is 8.78 Å². The molecule has 4 aliphatic rings. The summed E-state index contributed by atoms with van der Waals surface area (Å²) in [5.41, 5.74) is -0.518. The first-order valence-corrected chi connectivity index (χ1v) is 12.0. The number of hydrogen-bond acceptors (Lipinski definition) is 5. The fourth-order valence-corrected chi connectivity index (χ4v) is 6.12. The average Bonchev–Trinajstić information content (AvgIpc) is 3.17. The second-order valence-corrected chi connectivity index (χ2v) is 10.3. The van der Waals surface area contributed by atoms with Gasteiger partial charge < -0.3 is 19.7 Å². The lowest BCUT2D eigenvalue weighted by atomic mass is 9.67. The molecular formula is C27H27F2N3O3. The summed E-state index contributed by atoms with van der Waals surface area (Å²) < 4.78 is 35.8. The highest BCUT2D eigenvalue weighted by molar-refractivity contribution is 5.81. The Morgan fingerprint density at radius 3 is 2.60 bits per heavy atom. The highest BCUT2D eigenvalue weighted by Crippen LogP contribution is 2.51. The predicted octanol–water partition coefficient (Wildman–Crippen LogP) is 3.65. The number of aliphatic hydroxyl groups is 1. The van der Waals surface area contributed by atoms with Gasteiger partial charge in [0, 0.05) is 30.1 Å². The number of ether oxygens (including phenoxy) is 1. The van der Waals surface area contributed by atoms with E-state index in [2.05, 4.69) is 10.3 Å². The Morgan fingerprint density at radius 1 is 1.11 bits per heavy atom. The van der Waals surface area contributed by atoms with Gasteiger partial charge in [0.1, 0.15) is 17.2 Å². The quantitative estimate of drug-likeness (QED) is 0.565. The minimum absolute atomic E-state index is 0.00377. The molecule has 2 N–H and O–H groups in total. The van der Waals surface area contributed by atoms with Crippen molar-refractivity contribution in [3.05, 3.63) is 81.8 Å². The van der Waals surface area contributed by atoms with Gasteiger partial charge in [0.05, 0.1) is 36.0 Å². The summed E-state index contributed by atoms with van der Waals surface area (Å²) in [6.45, 7) is 1.18. The van der Waals surface area contributed by atoms with E-state index in [4.69, 9.17) is 4.74 Å². The molecule has 1 aromatic carbocycles. The lowest BCUT2D eigenvalue weighted by molar-refractivity contribution is -0.191. The van der Waals surface area contributed by atoms with Crippen molar-refractivity contribution in [2.75, 3.05) is 13.2 Å². The Morgan fingerprint density at radius 2 is 1.89 bits per heavy atom. The Hall–Kier alpha value is -2.94. The van der Waals surface area contributed by atoms with Crippen LogP contribution in [0.25, 0.3) is 17.1 Å². The van der Waals surface area contributed by atoms with Gasteiger partial charge in [-0.05, 0) is 49.4 Å². The second-order valence-electron chi connectivity index (χ2n) is 10.3. The molecule has 182 valence electrons. The summed E-state index contributed by atoms with van der Waals surface area (Å²) in [5.74, 6) is -0.845. The standard InChI is InChI=1S/C27H27F2N3O3/c28-19-5-3-18(4-6-19)2-1-13-31-25-9-11-26(12-10-25,35-17-25)15-27(34)16-32-22(33)8-7-21-24(32)23(27)20(29)14-30-21/h1-8,14,31,34H,9-13,15-17H2/b2-1+/t25?,26?,27-/m0/s1. The van der Waals surface area contributed by atoms with Crippen molar-refractivity contribution in [2.45, 2.75) is 55.4 Å². The minimum atomic E-state index is -1.53. The number of hydrogen-bond donors (Lipinski definition) is 2. The maximum atomic E-state index is 14.9. The number of benzene rings is 1. The molecule has 2 aromatic heterocycles. The molecule has 3 aromatic rings. The van der Waals surface area contributed by atoms with Gasteiger partial charge >= 0.3 is 0 Å².